The van der Waals surface area contributed by atoms with Crippen molar-refractivity contribution in [2.24, 2.45) is 0 Å². The molecule has 0 unspecified atom stereocenters. The number of halogens is 2. The number of hydrogen-bond donors (Lipinski definition) is 2. The zero-order chi connectivity index (χ0) is 14.7. The lowest BCUT2D eigenvalue weighted by Crippen LogP contribution is -2.15. The molecule has 1 amide bonds. The third-order valence-electron chi connectivity index (χ3n) is 2.73. The minimum absolute atomic E-state index is 0.000180. The van der Waals surface area contributed by atoms with Gasteiger partial charge in [0.15, 0.2) is 11.6 Å². The molecule has 2 aromatic rings. The molecule has 0 heterocycles. The first-order valence-corrected chi connectivity index (χ1v) is 5.72. The van der Waals surface area contributed by atoms with Crippen LogP contribution in [-0.4, -0.2) is 13.0 Å². The van der Waals surface area contributed by atoms with Gasteiger partial charge in [-0.15, -0.1) is 0 Å². The van der Waals surface area contributed by atoms with E-state index >= 15 is 0 Å². The molecule has 0 aliphatic rings. The molecule has 0 bridgehead atoms. The van der Waals surface area contributed by atoms with Gasteiger partial charge in [-0.05, 0) is 24.3 Å². The van der Waals surface area contributed by atoms with E-state index in [0.29, 0.717) is 5.75 Å². The third kappa shape index (κ3) is 2.54. The fraction of sp³-hybridized carbons (Fsp3) is 0.0714. The average Bonchev–Trinajstić information content (AvgIpc) is 2.47. The summed E-state index contributed by atoms with van der Waals surface area (Å²) in [6, 6.07) is 8.62. The molecule has 4 nitrogen and oxygen atoms in total. The maximum Gasteiger partial charge on any atom is 0.259 e. The molecule has 2 rings (SSSR count). The molecule has 0 aliphatic carbocycles. The normalized spacial score (nSPS) is 10.2. The van der Waals surface area contributed by atoms with E-state index in [1.165, 1.54) is 13.2 Å². The molecule has 0 atom stereocenters. The molecule has 20 heavy (non-hydrogen) atoms. The van der Waals surface area contributed by atoms with E-state index < -0.39 is 23.2 Å². The first-order valence-electron chi connectivity index (χ1n) is 5.72. The Balaban J connectivity index is 2.31. The van der Waals surface area contributed by atoms with Crippen molar-refractivity contribution in [3.05, 3.63) is 53.6 Å². The van der Waals surface area contributed by atoms with Crippen LogP contribution in [0.5, 0.6) is 5.75 Å². The molecule has 0 aromatic heterocycles. The molecular formula is C14H12F2N2O2. The molecule has 104 valence electrons. The SMILES string of the molecule is COc1ccccc1C(=O)Nc1ccc(F)c(F)c1N. The number of hydrogen-bond acceptors (Lipinski definition) is 3. The van der Waals surface area contributed by atoms with Crippen LogP contribution in [0.1, 0.15) is 10.4 Å². The average molecular weight is 278 g/mol. The zero-order valence-corrected chi connectivity index (χ0v) is 10.6. The number of para-hydroxylation sites is 1. The number of amides is 1. The van der Waals surface area contributed by atoms with E-state index in [2.05, 4.69) is 5.32 Å². The van der Waals surface area contributed by atoms with Crippen molar-refractivity contribution >= 4 is 17.3 Å². The number of nitrogens with one attached hydrogen (secondary N) is 1. The van der Waals surface area contributed by atoms with Gasteiger partial charge in [0.2, 0.25) is 0 Å². The highest BCUT2D eigenvalue weighted by Crippen LogP contribution is 2.25. The van der Waals surface area contributed by atoms with Gasteiger partial charge in [-0.3, -0.25) is 4.79 Å². The van der Waals surface area contributed by atoms with Gasteiger partial charge in [-0.2, -0.15) is 0 Å². The van der Waals surface area contributed by atoms with Crippen LogP contribution in [0.3, 0.4) is 0 Å². The molecule has 3 N–H and O–H groups in total. The van der Waals surface area contributed by atoms with Gasteiger partial charge in [-0.25, -0.2) is 8.78 Å². The van der Waals surface area contributed by atoms with Crippen LogP contribution in [0.4, 0.5) is 20.2 Å². The molecule has 0 saturated heterocycles. The number of benzene rings is 2. The number of rotatable bonds is 3. The highest BCUT2D eigenvalue weighted by Gasteiger charge is 2.15. The van der Waals surface area contributed by atoms with Gasteiger partial charge >= 0.3 is 0 Å². The first-order chi connectivity index (χ1) is 9.54. The van der Waals surface area contributed by atoms with Crippen molar-refractivity contribution in [1.29, 1.82) is 0 Å². The fourth-order valence-electron chi connectivity index (χ4n) is 1.70. The summed E-state index contributed by atoms with van der Waals surface area (Å²) in [5.41, 5.74) is 5.23. The highest BCUT2D eigenvalue weighted by atomic mass is 19.2. The Hall–Kier alpha value is -2.63. The molecule has 0 aliphatic heterocycles. The predicted octanol–water partition coefficient (Wildman–Crippen LogP) is 2.81. The van der Waals surface area contributed by atoms with Crippen molar-refractivity contribution in [2.45, 2.75) is 0 Å². The number of carbonyl (C=O) groups is 1. The number of anilines is 2. The van der Waals surface area contributed by atoms with E-state index in [4.69, 9.17) is 10.5 Å². The monoisotopic (exact) mass is 278 g/mol. The van der Waals surface area contributed by atoms with Gasteiger partial charge in [0.1, 0.15) is 5.75 Å². The van der Waals surface area contributed by atoms with Crippen LogP contribution in [0.2, 0.25) is 0 Å². The highest BCUT2D eigenvalue weighted by molar-refractivity contribution is 6.07. The summed E-state index contributed by atoms with van der Waals surface area (Å²) in [5.74, 6) is -2.42. The first kappa shape index (κ1) is 13.8. The summed E-state index contributed by atoms with van der Waals surface area (Å²) in [6.07, 6.45) is 0. The van der Waals surface area contributed by atoms with Gasteiger partial charge in [0.25, 0.3) is 5.91 Å². The van der Waals surface area contributed by atoms with Gasteiger partial charge in [0.05, 0.1) is 24.0 Å². The van der Waals surface area contributed by atoms with Crippen molar-refractivity contribution in [1.82, 2.24) is 0 Å². The quantitative estimate of drug-likeness (QED) is 0.848. The summed E-state index contributed by atoms with van der Waals surface area (Å²) in [7, 11) is 1.43. The Morgan fingerprint density at radius 1 is 1.20 bits per heavy atom. The molecule has 0 saturated carbocycles. The molecule has 0 fully saturated rings. The van der Waals surface area contributed by atoms with Crippen molar-refractivity contribution in [2.75, 3.05) is 18.2 Å². The van der Waals surface area contributed by atoms with Crippen LogP contribution in [0.25, 0.3) is 0 Å². The maximum atomic E-state index is 13.3. The van der Waals surface area contributed by atoms with E-state index in [-0.39, 0.29) is 11.3 Å². The second-order valence-electron chi connectivity index (χ2n) is 3.98. The standard InChI is InChI=1S/C14H12F2N2O2/c1-20-11-5-3-2-4-8(11)14(19)18-10-7-6-9(15)12(16)13(10)17/h2-7H,17H2,1H3,(H,18,19). The molecule has 2 aromatic carbocycles. The van der Waals surface area contributed by atoms with Crippen molar-refractivity contribution in [3.63, 3.8) is 0 Å². The van der Waals surface area contributed by atoms with Crippen molar-refractivity contribution in [3.8, 4) is 5.75 Å². The zero-order valence-electron chi connectivity index (χ0n) is 10.6. The number of methoxy groups -OCH3 is 1. The molecule has 0 spiro atoms. The molecular weight excluding hydrogens is 266 g/mol. The fourth-order valence-corrected chi connectivity index (χ4v) is 1.70. The number of carbonyl (C=O) groups excluding carboxylic acids is 1. The summed E-state index contributed by atoms with van der Waals surface area (Å²) in [4.78, 5) is 12.1. The predicted molar refractivity (Wildman–Crippen MR) is 71.7 cm³/mol. The number of nitrogen functional groups attached to an aromatic ring is 1. The summed E-state index contributed by atoms with van der Waals surface area (Å²) < 4.78 is 31.3. The lowest BCUT2D eigenvalue weighted by atomic mass is 10.1. The minimum Gasteiger partial charge on any atom is -0.496 e. The Morgan fingerprint density at radius 2 is 1.90 bits per heavy atom. The molecule has 0 radical (unpaired) electrons. The van der Waals surface area contributed by atoms with Crippen LogP contribution < -0.4 is 15.8 Å². The second kappa shape index (κ2) is 5.56. The minimum atomic E-state index is -1.19. The number of ether oxygens (including phenoxy) is 1. The summed E-state index contributed by atoms with van der Waals surface area (Å²) >= 11 is 0. The Labute approximate surface area is 114 Å². The van der Waals surface area contributed by atoms with E-state index in [1.54, 1.807) is 24.3 Å². The second-order valence-corrected chi connectivity index (χ2v) is 3.98. The largest absolute Gasteiger partial charge is 0.496 e. The lowest BCUT2D eigenvalue weighted by Gasteiger charge is -2.11. The van der Waals surface area contributed by atoms with Crippen LogP contribution in [-0.2, 0) is 0 Å². The Morgan fingerprint density at radius 3 is 2.60 bits per heavy atom. The Bertz CT molecular complexity index is 660. The van der Waals surface area contributed by atoms with E-state index in [0.717, 1.165) is 6.07 Å². The summed E-state index contributed by atoms with van der Waals surface area (Å²) in [5, 5.41) is 2.42. The van der Waals surface area contributed by atoms with Crippen LogP contribution in [0.15, 0.2) is 36.4 Å². The van der Waals surface area contributed by atoms with Crippen LogP contribution >= 0.6 is 0 Å². The number of nitrogens with two attached hydrogens (primary N) is 1. The van der Waals surface area contributed by atoms with E-state index in [9.17, 15) is 13.6 Å². The lowest BCUT2D eigenvalue weighted by molar-refractivity contribution is 0.102. The topological polar surface area (TPSA) is 64.3 Å². The van der Waals surface area contributed by atoms with Crippen molar-refractivity contribution < 1.29 is 18.3 Å². The van der Waals surface area contributed by atoms with Gasteiger partial charge < -0.3 is 15.8 Å². The van der Waals surface area contributed by atoms with Gasteiger partial charge in [-0.1, -0.05) is 12.1 Å². The summed E-state index contributed by atoms with van der Waals surface area (Å²) in [6.45, 7) is 0. The third-order valence-corrected chi connectivity index (χ3v) is 2.73. The maximum absolute atomic E-state index is 13.3. The Kier molecular flexibility index (Phi) is 3.84. The van der Waals surface area contributed by atoms with Crippen LogP contribution in [0, 0.1) is 11.6 Å². The van der Waals surface area contributed by atoms with Gasteiger partial charge in [0, 0.05) is 0 Å². The van der Waals surface area contributed by atoms with E-state index in [1.807, 2.05) is 0 Å². The smallest absolute Gasteiger partial charge is 0.259 e. The molecule has 6 heteroatoms.